The molecule has 2 rings (SSSR count). The van der Waals surface area contributed by atoms with Gasteiger partial charge in [0.15, 0.2) is 0 Å². The van der Waals surface area contributed by atoms with E-state index in [1.165, 1.54) is 0 Å². The first-order valence-electron chi connectivity index (χ1n) is 6.45. The molecule has 2 heterocycles. The van der Waals surface area contributed by atoms with E-state index in [0.717, 1.165) is 32.4 Å². The lowest BCUT2D eigenvalue weighted by Gasteiger charge is -2.11. The van der Waals surface area contributed by atoms with Gasteiger partial charge in [-0.05, 0) is 25.3 Å². The molecule has 1 aromatic rings. The number of hydrogen-bond acceptors (Lipinski definition) is 4. The summed E-state index contributed by atoms with van der Waals surface area (Å²) in [4.78, 5) is 12.0. The number of esters is 1. The second kappa shape index (κ2) is 5.91. The number of nitrogens with two attached hydrogens (primary N) is 1. The summed E-state index contributed by atoms with van der Waals surface area (Å²) in [5.41, 5.74) is 6.82. The average molecular weight is 252 g/mol. The van der Waals surface area contributed by atoms with Crippen LogP contribution in [0.5, 0.6) is 0 Å². The number of rotatable bonds is 5. The van der Waals surface area contributed by atoms with E-state index >= 15 is 0 Å². The Kier molecular flexibility index (Phi) is 4.25. The molecule has 0 aromatic carbocycles. The number of aryl methyl sites for hydroxylation is 1. The number of carbonyl (C=O) groups is 1. The van der Waals surface area contributed by atoms with Gasteiger partial charge in [-0.3, -0.25) is 0 Å². The summed E-state index contributed by atoms with van der Waals surface area (Å²) >= 11 is 0. The highest BCUT2D eigenvalue weighted by Gasteiger charge is 2.20. The van der Waals surface area contributed by atoms with Gasteiger partial charge in [-0.2, -0.15) is 0 Å². The fraction of sp³-hybridized carbons (Fsp3) is 0.615. The molecule has 1 atom stereocenters. The molecule has 0 radical (unpaired) electrons. The zero-order valence-electron chi connectivity index (χ0n) is 10.7. The Bertz CT molecular complexity index is 408. The van der Waals surface area contributed by atoms with Crippen LogP contribution >= 0.6 is 0 Å². The van der Waals surface area contributed by atoms with Crippen molar-refractivity contribution in [3.8, 4) is 0 Å². The molecule has 1 saturated heterocycles. The summed E-state index contributed by atoms with van der Waals surface area (Å²) in [6.07, 6.45) is 4.78. The van der Waals surface area contributed by atoms with Crippen molar-refractivity contribution >= 4 is 11.7 Å². The van der Waals surface area contributed by atoms with Crippen LogP contribution in [0.1, 0.15) is 36.7 Å². The van der Waals surface area contributed by atoms with Crippen molar-refractivity contribution in [2.45, 2.75) is 38.8 Å². The molecule has 1 aliphatic heterocycles. The minimum Gasteiger partial charge on any atom is -0.458 e. The van der Waals surface area contributed by atoms with Crippen molar-refractivity contribution in [1.82, 2.24) is 4.57 Å². The minimum absolute atomic E-state index is 0.0564. The molecular formula is C13H20N2O3. The molecule has 18 heavy (non-hydrogen) atoms. The molecule has 100 valence electrons. The first-order valence-corrected chi connectivity index (χ1v) is 6.45. The summed E-state index contributed by atoms with van der Waals surface area (Å²) in [6, 6.07) is 1.66. The van der Waals surface area contributed by atoms with Crippen LogP contribution in [0.3, 0.4) is 0 Å². The van der Waals surface area contributed by atoms with Gasteiger partial charge < -0.3 is 19.8 Å². The van der Waals surface area contributed by atoms with E-state index in [-0.39, 0.29) is 12.1 Å². The molecule has 0 spiro atoms. The van der Waals surface area contributed by atoms with Crippen molar-refractivity contribution in [1.29, 1.82) is 0 Å². The topological polar surface area (TPSA) is 66.5 Å². The standard InChI is InChI=1S/C13H20N2O3/c1-2-5-15-8-10(14)7-12(15)13(16)18-9-11-4-3-6-17-11/h7-8,11H,2-6,9,14H2,1H3. The maximum absolute atomic E-state index is 12.0. The molecular weight excluding hydrogens is 232 g/mol. The van der Waals surface area contributed by atoms with E-state index in [0.29, 0.717) is 18.0 Å². The lowest BCUT2D eigenvalue weighted by Crippen LogP contribution is -2.19. The molecule has 1 fully saturated rings. The Morgan fingerprint density at radius 1 is 1.67 bits per heavy atom. The average Bonchev–Trinajstić information content (AvgIpc) is 2.96. The molecule has 5 heteroatoms. The second-order valence-electron chi connectivity index (χ2n) is 4.59. The van der Waals surface area contributed by atoms with Gasteiger partial charge >= 0.3 is 5.97 Å². The van der Waals surface area contributed by atoms with E-state index in [1.807, 2.05) is 4.57 Å². The third-order valence-electron chi connectivity index (χ3n) is 3.02. The van der Waals surface area contributed by atoms with Gasteiger partial charge in [0.1, 0.15) is 12.3 Å². The highest BCUT2D eigenvalue weighted by Crippen LogP contribution is 2.15. The predicted molar refractivity (Wildman–Crippen MR) is 68.4 cm³/mol. The van der Waals surface area contributed by atoms with Crippen molar-refractivity contribution in [3.05, 3.63) is 18.0 Å². The first kappa shape index (κ1) is 13.0. The number of ether oxygens (including phenoxy) is 2. The van der Waals surface area contributed by atoms with Crippen molar-refractivity contribution in [2.75, 3.05) is 18.9 Å². The Hall–Kier alpha value is -1.49. The first-order chi connectivity index (χ1) is 8.70. The number of anilines is 1. The fourth-order valence-corrected chi connectivity index (χ4v) is 2.15. The van der Waals surface area contributed by atoms with Crippen LogP contribution in [-0.2, 0) is 16.0 Å². The summed E-state index contributed by atoms with van der Waals surface area (Å²) in [6.45, 7) is 3.91. The quantitative estimate of drug-likeness (QED) is 0.812. The maximum atomic E-state index is 12.0. The smallest absolute Gasteiger partial charge is 0.355 e. The molecule has 0 bridgehead atoms. The van der Waals surface area contributed by atoms with Crippen LogP contribution in [0.25, 0.3) is 0 Å². The fourth-order valence-electron chi connectivity index (χ4n) is 2.15. The lowest BCUT2D eigenvalue weighted by molar-refractivity contribution is 0.0152. The predicted octanol–water partition coefficient (Wildman–Crippen LogP) is 1.82. The normalized spacial score (nSPS) is 19.1. The van der Waals surface area contributed by atoms with Gasteiger partial charge in [-0.1, -0.05) is 6.92 Å². The van der Waals surface area contributed by atoms with Crippen LogP contribution in [-0.4, -0.2) is 29.9 Å². The third-order valence-corrected chi connectivity index (χ3v) is 3.02. The van der Waals surface area contributed by atoms with Crippen LogP contribution in [0.4, 0.5) is 5.69 Å². The summed E-state index contributed by atoms with van der Waals surface area (Å²) in [5, 5.41) is 0. The monoisotopic (exact) mass is 252 g/mol. The maximum Gasteiger partial charge on any atom is 0.355 e. The van der Waals surface area contributed by atoms with Gasteiger partial charge in [0.2, 0.25) is 0 Å². The van der Waals surface area contributed by atoms with Crippen molar-refractivity contribution < 1.29 is 14.3 Å². The SMILES string of the molecule is CCCn1cc(N)cc1C(=O)OCC1CCCO1. The van der Waals surface area contributed by atoms with Gasteiger partial charge in [0, 0.05) is 19.3 Å². The number of hydrogen-bond donors (Lipinski definition) is 1. The molecule has 2 N–H and O–H groups in total. The van der Waals surface area contributed by atoms with E-state index in [4.69, 9.17) is 15.2 Å². The van der Waals surface area contributed by atoms with Crippen molar-refractivity contribution in [2.24, 2.45) is 0 Å². The van der Waals surface area contributed by atoms with Gasteiger partial charge in [-0.25, -0.2) is 4.79 Å². The molecule has 1 aromatic heterocycles. The zero-order chi connectivity index (χ0) is 13.0. The largest absolute Gasteiger partial charge is 0.458 e. The van der Waals surface area contributed by atoms with Gasteiger partial charge in [0.05, 0.1) is 11.8 Å². The third kappa shape index (κ3) is 3.04. The molecule has 0 amide bonds. The van der Waals surface area contributed by atoms with Crippen LogP contribution in [0.2, 0.25) is 0 Å². The Morgan fingerprint density at radius 2 is 2.50 bits per heavy atom. The zero-order valence-corrected chi connectivity index (χ0v) is 10.7. The minimum atomic E-state index is -0.323. The number of aromatic nitrogens is 1. The number of carbonyl (C=O) groups excluding carboxylic acids is 1. The molecule has 0 saturated carbocycles. The van der Waals surface area contributed by atoms with Gasteiger partial charge in [-0.15, -0.1) is 0 Å². The Morgan fingerprint density at radius 3 is 3.17 bits per heavy atom. The Balaban J connectivity index is 1.94. The molecule has 0 aliphatic carbocycles. The Labute approximate surface area is 107 Å². The van der Waals surface area contributed by atoms with E-state index in [1.54, 1.807) is 12.3 Å². The van der Waals surface area contributed by atoms with Crippen molar-refractivity contribution in [3.63, 3.8) is 0 Å². The number of nitrogen functional groups attached to an aromatic ring is 1. The number of nitrogens with zero attached hydrogens (tertiary/aromatic N) is 1. The van der Waals surface area contributed by atoms with E-state index in [9.17, 15) is 4.79 Å². The molecule has 1 unspecified atom stereocenters. The van der Waals surface area contributed by atoms with Crippen LogP contribution < -0.4 is 5.73 Å². The lowest BCUT2D eigenvalue weighted by atomic mass is 10.2. The molecule has 1 aliphatic rings. The van der Waals surface area contributed by atoms with Crippen LogP contribution in [0, 0.1) is 0 Å². The molecule has 5 nitrogen and oxygen atoms in total. The second-order valence-corrected chi connectivity index (χ2v) is 4.59. The summed E-state index contributed by atoms with van der Waals surface area (Å²) in [5.74, 6) is -0.323. The highest BCUT2D eigenvalue weighted by molar-refractivity contribution is 5.89. The summed E-state index contributed by atoms with van der Waals surface area (Å²) < 4.78 is 12.5. The highest BCUT2D eigenvalue weighted by atomic mass is 16.6. The van der Waals surface area contributed by atoms with E-state index < -0.39 is 0 Å². The van der Waals surface area contributed by atoms with Gasteiger partial charge in [0.25, 0.3) is 0 Å². The van der Waals surface area contributed by atoms with Crippen LogP contribution in [0.15, 0.2) is 12.3 Å². The summed E-state index contributed by atoms with van der Waals surface area (Å²) in [7, 11) is 0. The van der Waals surface area contributed by atoms with E-state index in [2.05, 4.69) is 6.92 Å².